The van der Waals surface area contributed by atoms with Gasteiger partial charge in [0.2, 0.25) is 0 Å². The molecule has 1 atom stereocenters. The van der Waals surface area contributed by atoms with Gasteiger partial charge in [-0.05, 0) is 37.8 Å². The van der Waals surface area contributed by atoms with Crippen molar-refractivity contribution >= 4 is 0 Å². The third-order valence-corrected chi connectivity index (χ3v) is 3.55. The van der Waals surface area contributed by atoms with Crippen molar-refractivity contribution in [2.45, 2.75) is 44.6 Å². The molecule has 0 spiro atoms. The summed E-state index contributed by atoms with van der Waals surface area (Å²) < 4.78 is 5.40. The maximum Gasteiger partial charge on any atom is 0.0876 e. The second kappa shape index (κ2) is 4.83. The van der Waals surface area contributed by atoms with Gasteiger partial charge in [0.05, 0.1) is 12.9 Å². The molecule has 0 aromatic heterocycles. The number of hydrogen-bond donors (Lipinski definition) is 1. The van der Waals surface area contributed by atoms with Crippen molar-refractivity contribution in [1.29, 1.82) is 0 Å². The van der Waals surface area contributed by atoms with Crippen LogP contribution in [0, 0.1) is 5.92 Å². The molecule has 0 aromatic carbocycles. The van der Waals surface area contributed by atoms with Gasteiger partial charge in [0.25, 0.3) is 0 Å². The monoisotopic (exact) mass is 195 g/mol. The maximum atomic E-state index is 5.40. The largest absolute Gasteiger partial charge is 0.501 e. The molecular weight excluding hydrogens is 174 g/mol. The molecule has 1 heterocycles. The molecule has 2 heteroatoms. The molecule has 0 amide bonds. The summed E-state index contributed by atoms with van der Waals surface area (Å²) in [6, 6.07) is 0.570. The van der Waals surface area contributed by atoms with E-state index in [4.69, 9.17) is 4.74 Å². The van der Waals surface area contributed by atoms with E-state index in [1.807, 2.05) is 6.26 Å². The van der Waals surface area contributed by atoms with Gasteiger partial charge < -0.3 is 10.1 Å². The van der Waals surface area contributed by atoms with E-state index in [0.29, 0.717) is 6.04 Å². The molecule has 80 valence electrons. The van der Waals surface area contributed by atoms with Gasteiger partial charge in [-0.25, -0.2) is 0 Å². The van der Waals surface area contributed by atoms with Crippen LogP contribution in [0.2, 0.25) is 0 Å². The zero-order valence-electron chi connectivity index (χ0n) is 9.09. The van der Waals surface area contributed by atoms with E-state index >= 15 is 0 Å². The van der Waals surface area contributed by atoms with Crippen LogP contribution < -0.4 is 5.32 Å². The minimum Gasteiger partial charge on any atom is -0.501 e. The zero-order valence-corrected chi connectivity index (χ0v) is 9.09. The molecule has 0 aromatic rings. The smallest absolute Gasteiger partial charge is 0.0876 e. The van der Waals surface area contributed by atoms with Crippen molar-refractivity contribution in [3.05, 3.63) is 11.8 Å². The zero-order chi connectivity index (χ0) is 9.80. The highest BCUT2D eigenvalue weighted by Crippen LogP contribution is 2.32. The lowest BCUT2D eigenvalue weighted by Gasteiger charge is -2.31. The number of likely N-dealkylation sites (N-methyl/N-ethyl adjacent to an activating group) is 1. The number of rotatable bonds is 4. The molecule has 2 aliphatic rings. The molecule has 14 heavy (non-hydrogen) atoms. The lowest BCUT2D eigenvalue weighted by molar-refractivity contribution is 0.212. The summed E-state index contributed by atoms with van der Waals surface area (Å²) in [5, 5.41) is 3.42. The molecule has 1 N–H and O–H groups in total. The van der Waals surface area contributed by atoms with E-state index in [9.17, 15) is 0 Å². The van der Waals surface area contributed by atoms with Gasteiger partial charge in [-0.3, -0.25) is 0 Å². The third kappa shape index (κ3) is 2.30. The Morgan fingerprint density at radius 1 is 1.50 bits per heavy atom. The van der Waals surface area contributed by atoms with Crippen LogP contribution in [0.4, 0.5) is 0 Å². The summed E-state index contributed by atoms with van der Waals surface area (Å²) in [4.78, 5) is 0. The molecule has 1 saturated carbocycles. The van der Waals surface area contributed by atoms with Gasteiger partial charge in [0.1, 0.15) is 0 Å². The van der Waals surface area contributed by atoms with Crippen LogP contribution >= 0.6 is 0 Å². The van der Waals surface area contributed by atoms with E-state index < -0.39 is 0 Å². The first-order chi connectivity index (χ1) is 6.90. The number of nitrogens with one attached hydrogen (secondary N) is 1. The van der Waals surface area contributed by atoms with Crippen molar-refractivity contribution in [3.63, 3.8) is 0 Å². The maximum absolute atomic E-state index is 5.40. The van der Waals surface area contributed by atoms with Crippen LogP contribution in [0.1, 0.15) is 38.5 Å². The normalized spacial score (nSPS) is 24.8. The highest BCUT2D eigenvalue weighted by atomic mass is 16.5. The van der Waals surface area contributed by atoms with Gasteiger partial charge in [-0.2, -0.15) is 0 Å². The molecule has 0 radical (unpaired) electrons. The quantitative estimate of drug-likeness (QED) is 0.744. The Hall–Kier alpha value is -0.500. The summed E-state index contributed by atoms with van der Waals surface area (Å²) in [7, 11) is 2.07. The fourth-order valence-electron chi connectivity index (χ4n) is 2.36. The van der Waals surface area contributed by atoms with Gasteiger partial charge in [0, 0.05) is 6.04 Å². The topological polar surface area (TPSA) is 21.3 Å². The summed E-state index contributed by atoms with van der Waals surface area (Å²) in [5.74, 6) is 0.968. The van der Waals surface area contributed by atoms with Crippen LogP contribution in [0.25, 0.3) is 0 Å². The van der Waals surface area contributed by atoms with Crippen molar-refractivity contribution in [2.24, 2.45) is 5.92 Å². The van der Waals surface area contributed by atoms with Crippen molar-refractivity contribution < 1.29 is 4.74 Å². The second-order valence-corrected chi connectivity index (χ2v) is 4.54. The Morgan fingerprint density at radius 3 is 2.86 bits per heavy atom. The van der Waals surface area contributed by atoms with Gasteiger partial charge in [-0.15, -0.1) is 0 Å². The number of ether oxygens (including phenoxy) is 1. The van der Waals surface area contributed by atoms with Gasteiger partial charge in [0.15, 0.2) is 0 Å². The summed E-state index contributed by atoms with van der Waals surface area (Å²) in [6.45, 7) is 0.906. The molecule has 2 rings (SSSR count). The average Bonchev–Trinajstić information content (AvgIpc) is 2.18. The van der Waals surface area contributed by atoms with Crippen LogP contribution in [0.5, 0.6) is 0 Å². The first-order valence-electron chi connectivity index (χ1n) is 5.88. The summed E-state index contributed by atoms with van der Waals surface area (Å²) in [5.41, 5.74) is 1.48. The minimum absolute atomic E-state index is 0.570. The molecule has 1 aliphatic heterocycles. The minimum atomic E-state index is 0.570. The summed E-state index contributed by atoms with van der Waals surface area (Å²) >= 11 is 0. The predicted octanol–water partition coefficient (Wildman–Crippen LogP) is 2.46. The highest BCUT2D eigenvalue weighted by Gasteiger charge is 2.24. The van der Waals surface area contributed by atoms with Gasteiger partial charge >= 0.3 is 0 Å². The first-order valence-corrected chi connectivity index (χ1v) is 5.88. The Balaban J connectivity index is 1.86. The third-order valence-electron chi connectivity index (χ3n) is 3.55. The molecule has 0 bridgehead atoms. The average molecular weight is 195 g/mol. The SMILES string of the molecule is CNC(CC1CCC1)C1=COCCC1. The van der Waals surface area contributed by atoms with Crippen molar-refractivity contribution in [3.8, 4) is 0 Å². The molecule has 1 fully saturated rings. The molecule has 1 unspecified atom stereocenters. The predicted molar refractivity (Wildman–Crippen MR) is 58.1 cm³/mol. The van der Waals surface area contributed by atoms with Crippen LogP contribution in [-0.4, -0.2) is 19.7 Å². The molecule has 0 saturated heterocycles. The fraction of sp³-hybridized carbons (Fsp3) is 0.833. The fourth-order valence-corrected chi connectivity index (χ4v) is 2.36. The van der Waals surface area contributed by atoms with Crippen LogP contribution in [0.3, 0.4) is 0 Å². The molecular formula is C12H21NO. The van der Waals surface area contributed by atoms with Crippen LogP contribution in [-0.2, 0) is 4.74 Å². The molecule has 2 nitrogen and oxygen atoms in total. The Bertz CT molecular complexity index is 208. The van der Waals surface area contributed by atoms with E-state index in [1.165, 1.54) is 44.1 Å². The van der Waals surface area contributed by atoms with E-state index in [0.717, 1.165) is 12.5 Å². The van der Waals surface area contributed by atoms with Gasteiger partial charge in [-0.1, -0.05) is 19.3 Å². The second-order valence-electron chi connectivity index (χ2n) is 4.54. The highest BCUT2D eigenvalue weighted by molar-refractivity contribution is 5.10. The van der Waals surface area contributed by atoms with E-state index in [-0.39, 0.29) is 0 Å². The van der Waals surface area contributed by atoms with Crippen LogP contribution in [0.15, 0.2) is 11.8 Å². The first kappa shape index (κ1) is 10.0. The lowest BCUT2D eigenvalue weighted by atomic mass is 9.79. The van der Waals surface area contributed by atoms with Crippen molar-refractivity contribution in [1.82, 2.24) is 5.32 Å². The van der Waals surface area contributed by atoms with E-state index in [1.54, 1.807) is 0 Å². The van der Waals surface area contributed by atoms with Crippen molar-refractivity contribution in [2.75, 3.05) is 13.7 Å². The standard InChI is InChI=1S/C12H21NO/c1-13-12(8-10-4-2-5-10)11-6-3-7-14-9-11/h9-10,12-13H,2-8H2,1H3. The Kier molecular flexibility index (Phi) is 3.46. The number of hydrogen-bond acceptors (Lipinski definition) is 2. The van der Waals surface area contributed by atoms with E-state index in [2.05, 4.69) is 12.4 Å². The summed E-state index contributed by atoms with van der Waals surface area (Å²) in [6.07, 6.45) is 10.0. The Labute approximate surface area is 86.7 Å². The Morgan fingerprint density at radius 2 is 2.36 bits per heavy atom. The lowest BCUT2D eigenvalue weighted by Crippen LogP contribution is -2.32. The molecule has 1 aliphatic carbocycles.